The van der Waals surface area contributed by atoms with Gasteiger partial charge in [-0.3, -0.25) is 4.79 Å². The minimum atomic E-state index is -0.450. The number of anilines is 1. The summed E-state index contributed by atoms with van der Waals surface area (Å²) < 4.78 is 6.04. The van der Waals surface area contributed by atoms with Crippen molar-refractivity contribution >= 4 is 22.9 Å². The molecule has 0 atom stereocenters. The molecule has 4 aromatic carbocycles. The fourth-order valence-electron chi connectivity index (χ4n) is 4.28. The van der Waals surface area contributed by atoms with E-state index in [1.807, 2.05) is 96.4 Å². The highest BCUT2D eigenvalue weighted by Gasteiger charge is 2.32. The maximum atomic E-state index is 13.5. The maximum Gasteiger partial charge on any atom is 0.236 e. The minimum Gasteiger partial charge on any atom is -0.457 e. The molecule has 0 bridgehead atoms. The highest BCUT2D eigenvalue weighted by Crippen LogP contribution is 2.44. The Labute approximate surface area is 201 Å². The van der Waals surface area contributed by atoms with E-state index < -0.39 is 5.92 Å². The molecule has 1 aromatic heterocycles. The average Bonchev–Trinajstić information content (AvgIpc) is 3.38. The number of benzene rings is 4. The standard InChI is InChI=1S/C29H20N2O2S/c32-28(27-22-13-4-6-15-25(22)33-26-16-7-5-14-23(26)27)30-21-12-8-11-20(17-21)24-18-34-29(31-24)19-9-2-1-3-10-19/h1-18,27H,(H,30,32). The Morgan fingerprint density at radius 2 is 1.41 bits per heavy atom. The van der Waals surface area contributed by atoms with Gasteiger partial charge in [-0.2, -0.15) is 0 Å². The zero-order valence-electron chi connectivity index (χ0n) is 18.1. The second kappa shape index (κ2) is 8.61. The molecule has 1 amide bonds. The average molecular weight is 461 g/mol. The van der Waals surface area contributed by atoms with Crippen LogP contribution in [0.25, 0.3) is 21.8 Å². The molecule has 0 radical (unpaired) electrons. The summed E-state index contributed by atoms with van der Waals surface area (Å²) in [5.74, 6) is 0.884. The largest absolute Gasteiger partial charge is 0.457 e. The van der Waals surface area contributed by atoms with Gasteiger partial charge in [0.2, 0.25) is 5.91 Å². The summed E-state index contributed by atoms with van der Waals surface area (Å²) in [5.41, 5.74) is 5.41. The van der Waals surface area contributed by atoms with Crippen molar-refractivity contribution in [2.24, 2.45) is 0 Å². The summed E-state index contributed by atoms with van der Waals surface area (Å²) in [6, 6.07) is 33.4. The van der Waals surface area contributed by atoms with Gasteiger partial charge >= 0.3 is 0 Å². The summed E-state index contributed by atoms with van der Waals surface area (Å²) in [7, 11) is 0. The zero-order valence-corrected chi connectivity index (χ0v) is 19.0. The van der Waals surface area contributed by atoms with E-state index in [4.69, 9.17) is 9.72 Å². The highest BCUT2D eigenvalue weighted by molar-refractivity contribution is 7.13. The number of thiazole rings is 1. The van der Waals surface area contributed by atoms with Crippen molar-refractivity contribution in [1.29, 1.82) is 0 Å². The predicted molar refractivity (Wildman–Crippen MR) is 136 cm³/mol. The van der Waals surface area contributed by atoms with Crippen LogP contribution in [0.2, 0.25) is 0 Å². The molecule has 0 saturated carbocycles. The number of hydrogen-bond acceptors (Lipinski definition) is 4. The predicted octanol–water partition coefficient (Wildman–Crippen LogP) is 7.35. The topological polar surface area (TPSA) is 51.2 Å². The first-order chi connectivity index (χ1) is 16.8. The zero-order chi connectivity index (χ0) is 22.9. The van der Waals surface area contributed by atoms with E-state index in [0.717, 1.165) is 38.6 Å². The SMILES string of the molecule is O=C(Nc1cccc(-c2csc(-c3ccccc3)n2)c1)C1c2ccccc2Oc2ccccc21. The van der Waals surface area contributed by atoms with E-state index in [1.165, 1.54) is 0 Å². The Bertz CT molecular complexity index is 1450. The van der Waals surface area contributed by atoms with Gasteiger partial charge in [0, 0.05) is 33.3 Å². The van der Waals surface area contributed by atoms with Crippen LogP contribution in [0.1, 0.15) is 17.0 Å². The molecule has 0 aliphatic carbocycles. The van der Waals surface area contributed by atoms with Crippen LogP contribution in [0.5, 0.6) is 11.5 Å². The van der Waals surface area contributed by atoms with Crippen molar-refractivity contribution in [3.63, 3.8) is 0 Å². The number of ether oxygens (including phenoxy) is 1. The van der Waals surface area contributed by atoms with Gasteiger partial charge in [-0.15, -0.1) is 11.3 Å². The number of amides is 1. The molecule has 164 valence electrons. The van der Waals surface area contributed by atoms with Gasteiger partial charge in [-0.1, -0.05) is 78.9 Å². The van der Waals surface area contributed by atoms with Gasteiger partial charge in [0.25, 0.3) is 0 Å². The summed E-state index contributed by atoms with van der Waals surface area (Å²) in [6.45, 7) is 0. The Balaban J connectivity index is 1.30. The first-order valence-corrected chi connectivity index (χ1v) is 11.9. The molecular formula is C29H20N2O2S. The summed E-state index contributed by atoms with van der Waals surface area (Å²) >= 11 is 1.61. The summed E-state index contributed by atoms with van der Waals surface area (Å²) in [5, 5.41) is 6.15. The second-order valence-electron chi connectivity index (χ2n) is 8.08. The van der Waals surface area contributed by atoms with Crippen molar-refractivity contribution in [3.05, 3.63) is 120 Å². The highest BCUT2D eigenvalue weighted by atomic mass is 32.1. The van der Waals surface area contributed by atoms with Crippen LogP contribution in [-0.4, -0.2) is 10.9 Å². The number of rotatable bonds is 4. The lowest BCUT2D eigenvalue weighted by Crippen LogP contribution is -2.25. The lowest BCUT2D eigenvalue weighted by atomic mass is 9.87. The van der Waals surface area contributed by atoms with E-state index >= 15 is 0 Å². The van der Waals surface area contributed by atoms with Gasteiger partial charge in [0.05, 0.1) is 11.6 Å². The number of hydrogen-bond donors (Lipinski definition) is 1. The molecule has 0 spiro atoms. The van der Waals surface area contributed by atoms with Crippen LogP contribution in [-0.2, 0) is 4.79 Å². The molecule has 34 heavy (non-hydrogen) atoms. The van der Waals surface area contributed by atoms with E-state index in [-0.39, 0.29) is 5.91 Å². The van der Waals surface area contributed by atoms with E-state index in [9.17, 15) is 4.79 Å². The third-order valence-corrected chi connectivity index (χ3v) is 6.78. The smallest absolute Gasteiger partial charge is 0.236 e. The number of nitrogens with zero attached hydrogens (tertiary/aromatic N) is 1. The number of nitrogens with one attached hydrogen (secondary N) is 1. The Hall–Kier alpha value is -4.22. The molecular weight excluding hydrogens is 440 g/mol. The minimum absolute atomic E-state index is 0.0939. The summed E-state index contributed by atoms with van der Waals surface area (Å²) in [4.78, 5) is 18.4. The molecule has 6 rings (SSSR count). The van der Waals surface area contributed by atoms with Crippen molar-refractivity contribution in [1.82, 2.24) is 4.98 Å². The molecule has 0 saturated heterocycles. The van der Waals surface area contributed by atoms with Gasteiger partial charge in [-0.05, 0) is 24.3 Å². The first kappa shape index (κ1) is 20.4. The fourth-order valence-corrected chi connectivity index (χ4v) is 5.12. The normalized spacial score (nSPS) is 12.4. The lowest BCUT2D eigenvalue weighted by Gasteiger charge is -2.27. The van der Waals surface area contributed by atoms with Crippen molar-refractivity contribution in [3.8, 4) is 33.3 Å². The van der Waals surface area contributed by atoms with Crippen LogP contribution in [0, 0.1) is 0 Å². The molecule has 1 N–H and O–H groups in total. The van der Waals surface area contributed by atoms with Crippen LogP contribution >= 0.6 is 11.3 Å². The first-order valence-electron chi connectivity index (χ1n) is 11.0. The third-order valence-electron chi connectivity index (χ3n) is 5.89. The Kier molecular flexibility index (Phi) is 5.17. The maximum absolute atomic E-state index is 13.5. The van der Waals surface area contributed by atoms with Gasteiger partial charge in [-0.25, -0.2) is 4.98 Å². The molecule has 1 aliphatic heterocycles. The van der Waals surface area contributed by atoms with Crippen LogP contribution in [0.15, 0.2) is 109 Å². The molecule has 5 aromatic rings. The van der Waals surface area contributed by atoms with Crippen LogP contribution < -0.4 is 10.1 Å². The number of carbonyl (C=O) groups excluding carboxylic acids is 1. The molecule has 2 heterocycles. The third kappa shape index (κ3) is 3.76. The second-order valence-corrected chi connectivity index (χ2v) is 8.94. The molecule has 0 fully saturated rings. The van der Waals surface area contributed by atoms with Gasteiger partial charge in [0.15, 0.2) is 0 Å². The summed E-state index contributed by atoms with van der Waals surface area (Å²) in [6.07, 6.45) is 0. The van der Waals surface area contributed by atoms with Crippen molar-refractivity contribution < 1.29 is 9.53 Å². The molecule has 5 heteroatoms. The molecule has 0 unspecified atom stereocenters. The number of para-hydroxylation sites is 2. The molecule has 1 aliphatic rings. The van der Waals surface area contributed by atoms with E-state index in [0.29, 0.717) is 11.5 Å². The Morgan fingerprint density at radius 3 is 2.15 bits per heavy atom. The fraction of sp³-hybridized carbons (Fsp3) is 0.0345. The van der Waals surface area contributed by atoms with Crippen molar-refractivity contribution in [2.75, 3.05) is 5.32 Å². The molecule has 4 nitrogen and oxygen atoms in total. The quantitative estimate of drug-likeness (QED) is 0.305. The van der Waals surface area contributed by atoms with Crippen LogP contribution in [0.3, 0.4) is 0 Å². The number of carbonyl (C=O) groups is 1. The number of fused-ring (bicyclic) bond motifs is 2. The number of aromatic nitrogens is 1. The van der Waals surface area contributed by atoms with E-state index in [2.05, 4.69) is 17.4 Å². The van der Waals surface area contributed by atoms with Crippen molar-refractivity contribution in [2.45, 2.75) is 5.92 Å². The Morgan fingerprint density at radius 1 is 0.765 bits per heavy atom. The lowest BCUT2D eigenvalue weighted by molar-refractivity contribution is -0.116. The monoisotopic (exact) mass is 460 g/mol. The van der Waals surface area contributed by atoms with E-state index in [1.54, 1.807) is 11.3 Å². The van der Waals surface area contributed by atoms with Gasteiger partial charge < -0.3 is 10.1 Å². The van der Waals surface area contributed by atoms with Crippen LogP contribution in [0.4, 0.5) is 5.69 Å². The van der Waals surface area contributed by atoms with Gasteiger partial charge in [0.1, 0.15) is 16.5 Å².